The number of hydrogen-bond donors (Lipinski definition) is 0. The molecule has 0 rings (SSSR count). The van der Waals surface area contributed by atoms with E-state index in [1.807, 2.05) is 13.8 Å². The van der Waals surface area contributed by atoms with Crippen molar-refractivity contribution >= 4 is 12.1 Å². The van der Waals surface area contributed by atoms with Crippen LogP contribution in [0, 0.1) is 0 Å². The molecule has 0 aliphatic rings. The monoisotopic (exact) mass is 245 g/mol. The van der Waals surface area contributed by atoms with Gasteiger partial charge < -0.3 is 14.4 Å². The summed E-state index contributed by atoms with van der Waals surface area (Å²) < 4.78 is 9.82. The molecule has 0 bridgehead atoms. The van der Waals surface area contributed by atoms with Crippen molar-refractivity contribution in [2.24, 2.45) is 0 Å². The predicted molar refractivity (Wildman–Crippen MR) is 64.7 cm³/mol. The average Bonchev–Trinajstić information content (AvgIpc) is 2.26. The van der Waals surface area contributed by atoms with Gasteiger partial charge in [-0.3, -0.25) is 4.79 Å². The number of carbonyl (C=O) groups excluding carboxylic acids is 2. The van der Waals surface area contributed by atoms with Crippen LogP contribution < -0.4 is 0 Å². The Hall–Kier alpha value is -1.26. The van der Waals surface area contributed by atoms with Gasteiger partial charge in [0, 0.05) is 12.6 Å². The van der Waals surface area contributed by atoms with E-state index in [2.05, 4.69) is 0 Å². The molecule has 0 aromatic carbocycles. The third-order valence-corrected chi connectivity index (χ3v) is 2.27. The lowest BCUT2D eigenvalue weighted by molar-refractivity contribution is -0.144. The average molecular weight is 245 g/mol. The van der Waals surface area contributed by atoms with Crippen molar-refractivity contribution in [3.05, 3.63) is 0 Å². The van der Waals surface area contributed by atoms with E-state index in [4.69, 9.17) is 9.47 Å². The molecule has 0 heterocycles. The van der Waals surface area contributed by atoms with Crippen LogP contribution in [0.4, 0.5) is 4.79 Å². The van der Waals surface area contributed by atoms with Crippen LogP contribution in [0.25, 0.3) is 0 Å². The lowest BCUT2D eigenvalue weighted by Gasteiger charge is -2.27. The van der Waals surface area contributed by atoms with E-state index in [0.29, 0.717) is 19.8 Å². The predicted octanol–water partition coefficient (Wildman–Crippen LogP) is 2.20. The summed E-state index contributed by atoms with van der Waals surface area (Å²) in [6.45, 7) is 8.60. The fraction of sp³-hybridized carbons (Fsp3) is 0.833. The van der Waals surface area contributed by atoms with Crippen LogP contribution in [0.5, 0.6) is 0 Å². The molecule has 1 amide bonds. The first kappa shape index (κ1) is 15.7. The molecule has 0 spiro atoms. The first-order valence-corrected chi connectivity index (χ1v) is 6.15. The number of rotatable bonds is 7. The van der Waals surface area contributed by atoms with Crippen molar-refractivity contribution in [3.8, 4) is 0 Å². The fourth-order valence-corrected chi connectivity index (χ4v) is 1.51. The highest BCUT2D eigenvalue weighted by atomic mass is 16.6. The summed E-state index contributed by atoms with van der Waals surface area (Å²) in [6.07, 6.45) is 0.657. The Morgan fingerprint density at radius 1 is 1.12 bits per heavy atom. The lowest BCUT2D eigenvalue weighted by atomic mass is 10.2. The molecule has 5 heteroatoms. The van der Waals surface area contributed by atoms with Gasteiger partial charge in [-0.15, -0.1) is 0 Å². The Bertz CT molecular complexity index is 243. The molecule has 0 fully saturated rings. The second-order valence-corrected chi connectivity index (χ2v) is 3.75. The molecule has 100 valence electrons. The largest absolute Gasteiger partial charge is 0.466 e. The van der Waals surface area contributed by atoms with Gasteiger partial charge in [-0.05, 0) is 27.2 Å². The van der Waals surface area contributed by atoms with Gasteiger partial charge in [-0.2, -0.15) is 0 Å². The van der Waals surface area contributed by atoms with Crippen molar-refractivity contribution in [3.63, 3.8) is 0 Å². The molecule has 0 saturated carbocycles. The summed E-state index contributed by atoms with van der Waals surface area (Å²) >= 11 is 0. The molecule has 17 heavy (non-hydrogen) atoms. The molecule has 0 saturated heterocycles. The third kappa shape index (κ3) is 6.14. The minimum absolute atomic E-state index is 0.201. The number of amides is 1. The molecule has 0 aliphatic carbocycles. The van der Waals surface area contributed by atoms with Gasteiger partial charge in [0.25, 0.3) is 0 Å². The smallest absolute Gasteiger partial charge is 0.409 e. The summed E-state index contributed by atoms with van der Waals surface area (Å²) in [4.78, 5) is 24.6. The topological polar surface area (TPSA) is 55.8 Å². The van der Waals surface area contributed by atoms with Gasteiger partial charge >= 0.3 is 12.1 Å². The third-order valence-electron chi connectivity index (χ3n) is 2.27. The van der Waals surface area contributed by atoms with E-state index in [9.17, 15) is 9.59 Å². The first-order chi connectivity index (χ1) is 8.06. The molecular formula is C12H23NO4. The molecular weight excluding hydrogens is 222 g/mol. The number of ether oxygens (including phenoxy) is 2. The van der Waals surface area contributed by atoms with E-state index < -0.39 is 0 Å². The van der Waals surface area contributed by atoms with Crippen LogP contribution in [-0.2, 0) is 14.3 Å². The Kier molecular flexibility index (Phi) is 8.19. The minimum atomic E-state index is -0.369. The van der Waals surface area contributed by atoms with Gasteiger partial charge in [-0.1, -0.05) is 6.92 Å². The van der Waals surface area contributed by atoms with Crippen LogP contribution in [0.1, 0.15) is 40.5 Å². The van der Waals surface area contributed by atoms with Gasteiger partial charge in [0.15, 0.2) is 0 Å². The molecule has 1 unspecified atom stereocenters. The SMILES string of the molecule is CCCN(C(=O)OCC)C(C)CC(=O)OCC. The van der Waals surface area contributed by atoms with Gasteiger partial charge in [-0.25, -0.2) is 4.79 Å². The maximum atomic E-state index is 11.7. The highest BCUT2D eigenvalue weighted by Gasteiger charge is 2.22. The number of esters is 1. The van der Waals surface area contributed by atoms with Gasteiger partial charge in [0.2, 0.25) is 0 Å². The Labute approximate surface area is 103 Å². The van der Waals surface area contributed by atoms with Gasteiger partial charge in [0.05, 0.1) is 19.6 Å². The number of hydrogen-bond acceptors (Lipinski definition) is 4. The lowest BCUT2D eigenvalue weighted by Crippen LogP contribution is -2.41. The van der Waals surface area contributed by atoms with Crippen LogP contribution >= 0.6 is 0 Å². The Morgan fingerprint density at radius 3 is 2.18 bits per heavy atom. The van der Waals surface area contributed by atoms with Crippen molar-refractivity contribution in [2.45, 2.75) is 46.6 Å². The normalized spacial score (nSPS) is 11.8. The minimum Gasteiger partial charge on any atom is -0.466 e. The second kappa shape index (κ2) is 8.84. The molecule has 5 nitrogen and oxygen atoms in total. The second-order valence-electron chi connectivity index (χ2n) is 3.75. The Morgan fingerprint density at radius 2 is 1.71 bits per heavy atom. The zero-order valence-corrected chi connectivity index (χ0v) is 11.2. The maximum Gasteiger partial charge on any atom is 0.409 e. The standard InChI is InChI=1S/C12H23NO4/c1-5-8-13(12(15)17-7-3)10(4)9-11(14)16-6-2/h10H,5-9H2,1-4H3. The van der Waals surface area contributed by atoms with Gasteiger partial charge in [0.1, 0.15) is 0 Å². The highest BCUT2D eigenvalue weighted by Crippen LogP contribution is 2.08. The summed E-state index contributed by atoms with van der Waals surface area (Å²) in [5.74, 6) is -0.287. The van der Waals surface area contributed by atoms with E-state index >= 15 is 0 Å². The number of carbonyl (C=O) groups is 2. The fourth-order valence-electron chi connectivity index (χ4n) is 1.51. The van der Waals surface area contributed by atoms with Crippen molar-refractivity contribution in [1.82, 2.24) is 4.90 Å². The Balaban J connectivity index is 4.37. The molecule has 0 N–H and O–H groups in total. The van der Waals surface area contributed by atoms with E-state index in [1.165, 1.54) is 0 Å². The van der Waals surface area contributed by atoms with Crippen molar-refractivity contribution in [2.75, 3.05) is 19.8 Å². The maximum absolute atomic E-state index is 11.7. The van der Waals surface area contributed by atoms with E-state index in [0.717, 1.165) is 6.42 Å². The van der Waals surface area contributed by atoms with Crippen LogP contribution in [0.3, 0.4) is 0 Å². The number of nitrogens with zero attached hydrogens (tertiary/aromatic N) is 1. The van der Waals surface area contributed by atoms with Crippen molar-refractivity contribution < 1.29 is 19.1 Å². The van der Waals surface area contributed by atoms with E-state index in [1.54, 1.807) is 18.7 Å². The molecule has 0 aliphatic heterocycles. The zero-order valence-electron chi connectivity index (χ0n) is 11.2. The van der Waals surface area contributed by atoms with Crippen molar-refractivity contribution in [1.29, 1.82) is 0 Å². The molecule has 0 aromatic heterocycles. The summed E-state index contributed by atoms with van der Waals surface area (Å²) in [5.41, 5.74) is 0. The molecule has 0 aromatic rings. The zero-order chi connectivity index (χ0) is 13.3. The summed E-state index contributed by atoms with van der Waals surface area (Å²) in [6, 6.07) is -0.201. The summed E-state index contributed by atoms with van der Waals surface area (Å²) in [7, 11) is 0. The highest BCUT2D eigenvalue weighted by molar-refractivity contribution is 5.72. The summed E-state index contributed by atoms with van der Waals surface area (Å²) in [5, 5.41) is 0. The van der Waals surface area contributed by atoms with Crippen LogP contribution in [0.15, 0.2) is 0 Å². The van der Waals surface area contributed by atoms with Crippen LogP contribution in [-0.4, -0.2) is 42.8 Å². The van der Waals surface area contributed by atoms with E-state index in [-0.39, 0.29) is 24.5 Å². The molecule has 0 radical (unpaired) electrons. The quantitative estimate of drug-likeness (QED) is 0.645. The molecule has 1 atom stereocenters. The first-order valence-electron chi connectivity index (χ1n) is 6.15. The van der Waals surface area contributed by atoms with Crippen LogP contribution in [0.2, 0.25) is 0 Å².